The Hall–Kier alpha value is -2.05. The van der Waals surface area contributed by atoms with Crippen LogP contribution in [0.2, 0.25) is 0 Å². The van der Waals surface area contributed by atoms with Crippen molar-refractivity contribution in [3.63, 3.8) is 0 Å². The first-order valence-corrected chi connectivity index (χ1v) is 7.48. The van der Waals surface area contributed by atoms with Gasteiger partial charge in [-0.25, -0.2) is 0 Å². The van der Waals surface area contributed by atoms with Crippen molar-refractivity contribution < 1.29 is 22.8 Å². The summed E-state index contributed by atoms with van der Waals surface area (Å²) in [5, 5.41) is 1.82. The van der Waals surface area contributed by atoms with Gasteiger partial charge in [-0.05, 0) is 42.9 Å². The standard InChI is InChI=1S/C16H19F3N2O2/c1-11(22)21-8-6-13(7-9-21)10-12-2-4-14(5-3-12)20-15(23)16(17,18)19/h2-5,13H,6-10H2,1H3,(H,20,23). The van der Waals surface area contributed by atoms with E-state index in [1.807, 2.05) is 10.2 Å². The lowest BCUT2D eigenvalue weighted by molar-refractivity contribution is -0.167. The molecule has 7 heteroatoms. The second kappa shape index (κ2) is 7.02. The molecule has 2 amide bonds. The van der Waals surface area contributed by atoms with Crippen molar-refractivity contribution in [1.82, 2.24) is 4.90 Å². The molecule has 0 saturated carbocycles. The van der Waals surface area contributed by atoms with Crippen LogP contribution in [0.15, 0.2) is 24.3 Å². The van der Waals surface area contributed by atoms with Crippen LogP contribution in [-0.4, -0.2) is 36.0 Å². The molecule has 0 radical (unpaired) electrons. The second-order valence-electron chi connectivity index (χ2n) is 5.80. The summed E-state index contributed by atoms with van der Waals surface area (Å²) >= 11 is 0. The van der Waals surface area contributed by atoms with E-state index in [9.17, 15) is 22.8 Å². The van der Waals surface area contributed by atoms with E-state index in [0.717, 1.165) is 37.9 Å². The summed E-state index contributed by atoms with van der Waals surface area (Å²) in [6.45, 7) is 3.06. The Bertz CT molecular complexity index is 562. The fourth-order valence-corrected chi connectivity index (χ4v) is 2.71. The van der Waals surface area contributed by atoms with E-state index in [2.05, 4.69) is 0 Å². The number of hydrogen-bond donors (Lipinski definition) is 1. The molecule has 1 heterocycles. The van der Waals surface area contributed by atoms with Crippen LogP contribution in [0.1, 0.15) is 25.3 Å². The lowest BCUT2D eigenvalue weighted by Crippen LogP contribution is -2.37. The predicted molar refractivity (Wildman–Crippen MR) is 79.8 cm³/mol. The zero-order valence-electron chi connectivity index (χ0n) is 12.8. The van der Waals surface area contributed by atoms with Crippen LogP contribution in [0.25, 0.3) is 0 Å². The van der Waals surface area contributed by atoms with Gasteiger partial charge in [-0.3, -0.25) is 9.59 Å². The molecular formula is C16H19F3N2O2. The number of benzene rings is 1. The predicted octanol–water partition coefficient (Wildman–Crippen LogP) is 2.99. The van der Waals surface area contributed by atoms with Crippen molar-refractivity contribution in [2.45, 2.75) is 32.4 Å². The second-order valence-corrected chi connectivity index (χ2v) is 5.80. The van der Waals surface area contributed by atoms with Crippen molar-refractivity contribution >= 4 is 17.5 Å². The van der Waals surface area contributed by atoms with E-state index in [4.69, 9.17) is 0 Å². The largest absolute Gasteiger partial charge is 0.471 e. The van der Waals surface area contributed by atoms with Crippen LogP contribution in [0.4, 0.5) is 18.9 Å². The van der Waals surface area contributed by atoms with Crippen molar-refractivity contribution in [2.24, 2.45) is 5.92 Å². The minimum atomic E-state index is -4.89. The Balaban J connectivity index is 1.86. The fourth-order valence-electron chi connectivity index (χ4n) is 2.71. The zero-order chi connectivity index (χ0) is 17.0. The number of rotatable bonds is 3. The Kier molecular flexibility index (Phi) is 5.28. The number of carbonyl (C=O) groups is 2. The van der Waals surface area contributed by atoms with E-state index in [-0.39, 0.29) is 11.6 Å². The summed E-state index contributed by atoms with van der Waals surface area (Å²) in [4.78, 5) is 24.0. The van der Waals surface area contributed by atoms with Crippen LogP contribution in [0.5, 0.6) is 0 Å². The fraction of sp³-hybridized carbons (Fsp3) is 0.500. The SMILES string of the molecule is CC(=O)N1CCC(Cc2ccc(NC(=O)C(F)(F)F)cc2)CC1. The van der Waals surface area contributed by atoms with Crippen molar-refractivity contribution in [1.29, 1.82) is 0 Å². The molecule has 0 spiro atoms. The third kappa shape index (κ3) is 4.97. The normalized spacial score (nSPS) is 16.3. The number of nitrogens with zero attached hydrogens (tertiary/aromatic N) is 1. The van der Waals surface area contributed by atoms with Crippen LogP contribution in [0, 0.1) is 5.92 Å². The Morgan fingerprint density at radius 3 is 2.22 bits per heavy atom. The topological polar surface area (TPSA) is 49.4 Å². The monoisotopic (exact) mass is 328 g/mol. The molecule has 1 N–H and O–H groups in total. The Morgan fingerprint density at radius 1 is 1.17 bits per heavy atom. The van der Waals surface area contributed by atoms with Gasteiger partial charge in [0.2, 0.25) is 5.91 Å². The van der Waals surface area contributed by atoms with Gasteiger partial charge in [-0.15, -0.1) is 0 Å². The molecule has 1 fully saturated rings. The summed E-state index contributed by atoms with van der Waals surface area (Å²) in [5.41, 5.74) is 1.14. The molecule has 0 aromatic heterocycles. The first-order valence-electron chi connectivity index (χ1n) is 7.48. The van der Waals surface area contributed by atoms with Gasteiger partial charge in [0, 0.05) is 25.7 Å². The number of carbonyl (C=O) groups excluding carboxylic acids is 2. The number of hydrogen-bond acceptors (Lipinski definition) is 2. The zero-order valence-corrected chi connectivity index (χ0v) is 12.8. The molecule has 1 aliphatic rings. The third-order valence-electron chi connectivity index (χ3n) is 4.05. The smallest absolute Gasteiger partial charge is 0.343 e. The molecule has 2 rings (SSSR count). The maximum absolute atomic E-state index is 12.2. The first kappa shape index (κ1) is 17.3. The number of piperidine rings is 1. The molecule has 0 unspecified atom stereocenters. The van der Waals surface area contributed by atoms with Gasteiger partial charge >= 0.3 is 12.1 Å². The van der Waals surface area contributed by atoms with Gasteiger partial charge in [-0.1, -0.05) is 12.1 Å². The molecule has 1 saturated heterocycles. The van der Waals surface area contributed by atoms with E-state index >= 15 is 0 Å². The minimum Gasteiger partial charge on any atom is -0.343 e. The number of likely N-dealkylation sites (tertiary alicyclic amines) is 1. The maximum atomic E-state index is 12.2. The maximum Gasteiger partial charge on any atom is 0.471 e. The molecule has 0 bridgehead atoms. The Morgan fingerprint density at radius 2 is 1.74 bits per heavy atom. The highest BCUT2D eigenvalue weighted by molar-refractivity contribution is 5.94. The van der Waals surface area contributed by atoms with Gasteiger partial charge in [0.25, 0.3) is 0 Å². The summed E-state index contributed by atoms with van der Waals surface area (Å²) in [5.74, 6) is -1.42. The average Bonchev–Trinajstić information content (AvgIpc) is 2.49. The van der Waals surface area contributed by atoms with Gasteiger partial charge in [0.05, 0.1) is 0 Å². The highest BCUT2D eigenvalue weighted by Crippen LogP contribution is 2.23. The lowest BCUT2D eigenvalue weighted by Gasteiger charge is -2.31. The summed E-state index contributed by atoms with van der Waals surface area (Å²) in [6.07, 6.45) is -2.22. The molecule has 1 aromatic rings. The molecular weight excluding hydrogens is 309 g/mol. The van der Waals surface area contributed by atoms with Crippen LogP contribution in [-0.2, 0) is 16.0 Å². The number of alkyl halides is 3. The summed E-state index contributed by atoms with van der Waals surface area (Å²) in [7, 11) is 0. The summed E-state index contributed by atoms with van der Waals surface area (Å²) in [6, 6.07) is 6.40. The van der Waals surface area contributed by atoms with Crippen LogP contribution in [0.3, 0.4) is 0 Å². The minimum absolute atomic E-state index is 0.0909. The number of halogens is 3. The summed E-state index contributed by atoms with van der Waals surface area (Å²) < 4.78 is 36.5. The quantitative estimate of drug-likeness (QED) is 0.927. The van der Waals surface area contributed by atoms with E-state index in [0.29, 0.717) is 5.92 Å². The average molecular weight is 328 g/mol. The van der Waals surface area contributed by atoms with E-state index in [1.165, 1.54) is 12.1 Å². The number of nitrogens with one attached hydrogen (secondary N) is 1. The van der Waals surface area contributed by atoms with Gasteiger partial charge in [-0.2, -0.15) is 13.2 Å². The van der Waals surface area contributed by atoms with Gasteiger partial charge in [0.1, 0.15) is 0 Å². The number of amides is 2. The molecule has 0 aliphatic carbocycles. The Labute approximate surface area is 132 Å². The molecule has 0 atom stereocenters. The van der Waals surface area contributed by atoms with Crippen molar-refractivity contribution in [3.8, 4) is 0 Å². The van der Waals surface area contributed by atoms with Gasteiger partial charge in [0.15, 0.2) is 0 Å². The van der Waals surface area contributed by atoms with E-state index < -0.39 is 12.1 Å². The number of anilines is 1. The molecule has 23 heavy (non-hydrogen) atoms. The molecule has 1 aliphatic heterocycles. The highest BCUT2D eigenvalue weighted by Gasteiger charge is 2.38. The van der Waals surface area contributed by atoms with Crippen molar-refractivity contribution in [3.05, 3.63) is 29.8 Å². The van der Waals surface area contributed by atoms with Crippen LogP contribution < -0.4 is 5.32 Å². The van der Waals surface area contributed by atoms with Gasteiger partial charge < -0.3 is 10.2 Å². The first-order chi connectivity index (χ1) is 10.8. The molecule has 1 aromatic carbocycles. The van der Waals surface area contributed by atoms with Crippen molar-refractivity contribution in [2.75, 3.05) is 18.4 Å². The third-order valence-corrected chi connectivity index (χ3v) is 4.05. The molecule has 4 nitrogen and oxygen atoms in total. The lowest BCUT2D eigenvalue weighted by atomic mass is 9.90. The van der Waals surface area contributed by atoms with Crippen LogP contribution >= 0.6 is 0 Å². The molecule has 126 valence electrons. The highest BCUT2D eigenvalue weighted by atomic mass is 19.4. The van der Waals surface area contributed by atoms with E-state index in [1.54, 1.807) is 19.1 Å².